The lowest BCUT2D eigenvalue weighted by Gasteiger charge is -2.05. The first-order valence-corrected chi connectivity index (χ1v) is 7.14. The Morgan fingerprint density at radius 1 is 1.05 bits per heavy atom. The molecule has 0 saturated heterocycles. The van der Waals surface area contributed by atoms with Crippen molar-refractivity contribution >= 4 is 27.7 Å². The molecule has 1 heterocycles. The van der Waals surface area contributed by atoms with Crippen molar-refractivity contribution in [1.29, 1.82) is 0 Å². The average Bonchev–Trinajstić information content (AvgIpc) is 2.90. The van der Waals surface area contributed by atoms with Crippen LogP contribution in [0.25, 0.3) is 20.5 Å². The molecule has 1 unspecified atom stereocenters. The highest BCUT2D eigenvalue weighted by molar-refractivity contribution is 7.22. The molecule has 94 valence electrons. The second kappa shape index (κ2) is 4.98. The normalized spacial score (nSPS) is 12.5. The lowest BCUT2D eigenvalue weighted by atomic mass is 10.00. The SMILES string of the molecule is CC(C=O)c1cccc(-c2cc3ccccc3s2)c1. The van der Waals surface area contributed by atoms with E-state index < -0.39 is 0 Å². The van der Waals surface area contributed by atoms with Gasteiger partial charge >= 0.3 is 0 Å². The minimum absolute atomic E-state index is 0.0469. The van der Waals surface area contributed by atoms with Crippen molar-refractivity contribution in [1.82, 2.24) is 0 Å². The fraction of sp³-hybridized carbons (Fsp3) is 0.118. The van der Waals surface area contributed by atoms with Gasteiger partial charge in [0.15, 0.2) is 0 Å². The molecule has 1 aromatic heterocycles. The Balaban J connectivity index is 2.08. The summed E-state index contributed by atoms with van der Waals surface area (Å²) in [7, 11) is 0. The average molecular weight is 266 g/mol. The van der Waals surface area contributed by atoms with Crippen LogP contribution in [0.15, 0.2) is 54.6 Å². The smallest absolute Gasteiger partial charge is 0.127 e. The molecule has 2 aromatic carbocycles. The third kappa shape index (κ3) is 2.32. The molecule has 1 atom stereocenters. The molecule has 0 spiro atoms. The lowest BCUT2D eigenvalue weighted by Crippen LogP contribution is -1.93. The molecule has 3 aromatic rings. The summed E-state index contributed by atoms with van der Waals surface area (Å²) in [4.78, 5) is 12.1. The van der Waals surface area contributed by atoms with E-state index in [1.165, 1.54) is 20.5 Å². The number of benzene rings is 2. The zero-order valence-electron chi connectivity index (χ0n) is 10.7. The maximum absolute atomic E-state index is 10.9. The van der Waals surface area contributed by atoms with Gasteiger partial charge in [0.1, 0.15) is 6.29 Å². The van der Waals surface area contributed by atoms with Crippen molar-refractivity contribution in [3.63, 3.8) is 0 Å². The van der Waals surface area contributed by atoms with E-state index in [9.17, 15) is 4.79 Å². The van der Waals surface area contributed by atoms with Crippen molar-refractivity contribution in [2.24, 2.45) is 0 Å². The molecular formula is C17H14OS. The Morgan fingerprint density at radius 3 is 2.68 bits per heavy atom. The number of aldehydes is 1. The monoisotopic (exact) mass is 266 g/mol. The number of thiophene rings is 1. The summed E-state index contributed by atoms with van der Waals surface area (Å²) in [6.07, 6.45) is 0.990. The molecule has 0 radical (unpaired) electrons. The zero-order chi connectivity index (χ0) is 13.2. The highest BCUT2D eigenvalue weighted by Gasteiger charge is 2.07. The number of fused-ring (bicyclic) bond motifs is 1. The van der Waals surface area contributed by atoms with Crippen LogP contribution in [0.5, 0.6) is 0 Å². The summed E-state index contributed by atoms with van der Waals surface area (Å²) in [5, 5.41) is 1.27. The van der Waals surface area contributed by atoms with Crippen LogP contribution in [0.3, 0.4) is 0 Å². The minimum Gasteiger partial charge on any atom is -0.303 e. The maximum Gasteiger partial charge on any atom is 0.127 e. The molecule has 3 rings (SSSR count). The molecular weight excluding hydrogens is 252 g/mol. The van der Waals surface area contributed by atoms with E-state index in [1.807, 2.05) is 19.1 Å². The molecule has 0 amide bonds. The van der Waals surface area contributed by atoms with E-state index in [0.29, 0.717) is 0 Å². The Kier molecular flexibility index (Phi) is 3.18. The van der Waals surface area contributed by atoms with Crippen molar-refractivity contribution in [2.45, 2.75) is 12.8 Å². The molecule has 0 aliphatic rings. The van der Waals surface area contributed by atoms with Crippen LogP contribution in [-0.4, -0.2) is 6.29 Å². The highest BCUT2D eigenvalue weighted by atomic mass is 32.1. The van der Waals surface area contributed by atoms with Gasteiger partial charge in [-0.2, -0.15) is 0 Å². The van der Waals surface area contributed by atoms with E-state index in [4.69, 9.17) is 0 Å². The zero-order valence-corrected chi connectivity index (χ0v) is 11.5. The second-order valence-corrected chi connectivity index (χ2v) is 5.78. The third-order valence-electron chi connectivity index (χ3n) is 3.33. The number of rotatable bonds is 3. The molecule has 0 N–H and O–H groups in total. The maximum atomic E-state index is 10.9. The Morgan fingerprint density at radius 2 is 1.89 bits per heavy atom. The Bertz CT molecular complexity index is 694. The fourth-order valence-corrected chi connectivity index (χ4v) is 3.24. The van der Waals surface area contributed by atoms with Gasteiger partial charge in [-0.1, -0.05) is 43.3 Å². The fourth-order valence-electron chi connectivity index (χ4n) is 2.18. The van der Waals surface area contributed by atoms with Crippen molar-refractivity contribution in [2.75, 3.05) is 0 Å². The number of hydrogen-bond donors (Lipinski definition) is 0. The summed E-state index contributed by atoms with van der Waals surface area (Å²) in [5.41, 5.74) is 2.26. The van der Waals surface area contributed by atoms with Crippen molar-refractivity contribution in [3.8, 4) is 10.4 Å². The molecule has 0 fully saturated rings. The van der Waals surface area contributed by atoms with Crippen LogP contribution >= 0.6 is 11.3 Å². The highest BCUT2D eigenvalue weighted by Crippen LogP contribution is 2.34. The molecule has 19 heavy (non-hydrogen) atoms. The molecule has 0 aliphatic heterocycles. The summed E-state index contributed by atoms with van der Waals surface area (Å²) in [6, 6.07) is 18.9. The van der Waals surface area contributed by atoms with Crippen molar-refractivity contribution < 1.29 is 4.79 Å². The molecule has 0 bridgehead atoms. The molecule has 0 aliphatic carbocycles. The van der Waals surface area contributed by atoms with Gasteiger partial charge in [-0.3, -0.25) is 0 Å². The summed E-state index contributed by atoms with van der Waals surface area (Å²) < 4.78 is 1.30. The van der Waals surface area contributed by atoms with E-state index in [2.05, 4.69) is 42.5 Å². The first kappa shape index (κ1) is 12.1. The first-order valence-electron chi connectivity index (χ1n) is 6.32. The number of carbonyl (C=O) groups is 1. The lowest BCUT2D eigenvalue weighted by molar-refractivity contribution is -0.108. The van der Waals surface area contributed by atoms with Crippen LogP contribution in [0.2, 0.25) is 0 Å². The second-order valence-electron chi connectivity index (χ2n) is 4.70. The van der Waals surface area contributed by atoms with Crippen molar-refractivity contribution in [3.05, 3.63) is 60.2 Å². The topological polar surface area (TPSA) is 17.1 Å². The van der Waals surface area contributed by atoms with Gasteiger partial charge in [-0.15, -0.1) is 11.3 Å². The minimum atomic E-state index is -0.0469. The van der Waals surface area contributed by atoms with Gasteiger partial charge in [0, 0.05) is 15.5 Å². The summed E-state index contributed by atoms with van der Waals surface area (Å²) in [6.45, 7) is 1.93. The van der Waals surface area contributed by atoms with Crippen LogP contribution in [0, 0.1) is 0 Å². The predicted octanol–water partition coefficient (Wildman–Crippen LogP) is 4.87. The van der Waals surface area contributed by atoms with Gasteiger partial charge in [0.2, 0.25) is 0 Å². The largest absolute Gasteiger partial charge is 0.303 e. The summed E-state index contributed by atoms with van der Waals surface area (Å²) >= 11 is 1.79. The van der Waals surface area contributed by atoms with E-state index >= 15 is 0 Å². The third-order valence-corrected chi connectivity index (χ3v) is 4.49. The van der Waals surface area contributed by atoms with Crippen LogP contribution in [0.1, 0.15) is 18.4 Å². The Hall–Kier alpha value is -1.93. The summed E-state index contributed by atoms with van der Waals surface area (Å²) in [5.74, 6) is -0.0469. The van der Waals surface area contributed by atoms with Gasteiger partial charge < -0.3 is 4.79 Å². The number of carbonyl (C=O) groups excluding carboxylic acids is 1. The van der Waals surface area contributed by atoms with E-state index in [1.54, 1.807) is 11.3 Å². The van der Waals surface area contributed by atoms with Gasteiger partial charge in [-0.05, 0) is 34.7 Å². The van der Waals surface area contributed by atoms with E-state index in [0.717, 1.165) is 11.8 Å². The predicted molar refractivity (Wildman–Crippen MR) is 81.7 cm³/mol. The Labute approximate surface area is 116 Å². The van der Waals surface area contributed by atoms with Crippen LogP contribution in [0.4, 0.5) is 0 Å². The quantitative estimate of drug-likeness (QED) is 0.618. The number of hydrogen-bond acceptors (Lipinski definition) is 2. The van der Waals surface area contributed by atoms with Gasteiger partial charge in [0.05, 0.1) is 0 Å². The molecule has 1 nitrogen and oxygen atoms in total. The van der Waals surface area contributed by atoms with Crippen LogP contribution in [-0.2, 0) is 4.79 Å². The van der Waals surface area contributed by atoms with Gasteiger partial charge in [0.25, 0.3) is 0 Å². The van der Waals surface area contributed by atoms with Gasteiger partial charge in [-0.25, -0.2) is 0 Å². The molecule has 0 saturated carbocycles. The van der Waals surface area contributed by atoms with E-state index in [-0.39, 0.29) is 5.92 Å². The first-order chi connectivity index (χ1) is 9.28. The van der Waals surface area contributed by atoms with Crippen LogP contribution < -0.4 is 0 Å². The standard InChI is InChI=1S/C17H14OS/c1-12(11-18)13-6-4-7-14(9-13)17-10-15-5-2-3-8-16(15)19-17/h2-12H,1H3. The molecule has 2 heteroatoms.